The molecule has 1 saturated heterocycles. The second-order valence-electron chi connectivity index (χ2n) is 7.62. The van der Waals surface area contributed by atoms with Gasteiger partial charge < -0.3 is 9.73 Å². The van der Waals surface area contributed by atoms with Crippen LogP contribution in [-0.2, 0) is 9.59 Å². The van der Waals surface area contributed by atoms with E-state index in [2.05, 4.69) is 15.2 Å². The summed E-state index contributed by atoms with van der Waals surface area (Å²) in [5, 5.41) is 2.82. The Morgan fingerprint density at radius 2 is 1.86 bits per heavy atom. The van der Waals surface area contributed by atoms with Gasteiger partial charge in [0.15, 0.2) is 11.5 Å². The molecule has 5 rings (SSSR count). The summed E-state index contributed by atoms with van der Waals surface area (Å²) in [7, 11) is 0. The van der Waals surface area contributed by atoms with Crippen molar-refractivity contribution in [1.29, 1.82) is 0 Å². The zero-order valence-corrected chi connectivity index (χ0v) is 16.0. The number of piperidine rings is 1. The highest BCUT2D eigenvalue weighted by Gasteiger charge is 2.30. The van der Waals surface area contributed by atoms with Gasteiger partial charge in [-0.3, -0.25) is 19.4 Å². The summed E-state index contributed by atoms with van der Waals surface area (Å²) in [6, 6.07) is 15.2. The normalized spacial score (nSPS) is 17.9. The zero-order valence-electron chi connectivity index (χ0n) is 16.0. The summed E-state index contributed by atoms with van der Waals surface area (Å²) in [5.74, 6) is 0.855. The number of fused-ring (bicyclic) bond motifs is 2. The average Bonchev–Trinajstić information content (AvgIpc) is 3.18. The molecule has 0 atom stereocenters. The molecule has 1 N–H and O–H groups in total. The smallest absolute Gasteiger partial charge is 0.244 e. The summed E-state index contributed by atoms with van der Waals surface area (Å²) in [6.45, 7) is 1.98. The van der Waals surface area contributed by atoms with Crippen LogP contribution in [0.2, 0.25) is 0 Å². The number of carbonyl (C=O) groups is 2. The number of benzene rings is 2. The number of aromatic nitrogens is 1. The number of amides is 2. The van der Waals surface area contributed by atoms with E-state index < -0.39 is 0 Å². The van der Waals surface area contributed by atoms with Gasteiger partial charge in [-0.25, -0.2) is 4.98 Å². The third kappa shape index (κ3) is 3.49. The number of oxazole rings is 1. The molecule has 1 fully saturated rings. The molecule has 0 bridgehead atoms. The van der Waals surface area contributed by atoms with Crippen molar-refractivity contribution in [3.8, 4) is 0 Å². The van der Waals surface area contributed by atoms with Crippen molar-refractivity contribution in [2.45, 2.75) is 18.8 Å². The maximum atomic E-state index is 12.9. The number of likely N-dealkylation sites (tertiary alicyclic amines) is 1. The quantitative estimate of drug-likeness (QED) is 0.744. The minimum atomic E-state index is -0.160. The van der Waals surface area contributed by atoms with Gasteiger partial charge in [-0.2, -0.15) is 0 Å². The van der Waals surface area contributed by atoms with Crippen molar-refractivity contribution >= 4 is 34.3 Å². The monoisotopic (exact) mass is 390 g/mol. The molecule has 3 heterocycles. The lowest BCUT2D eigenvalue weighted by Crippen LogP contribution is -2.47. The van der Waals surface area contributed by atoms with Gasteiger partial charge >= 0.3 is 0 Å². The van der Waals surface area contributed by atoms with E-state index in [0.717, 1.165) is 48.6 Å². The Labute approximate surface area is 168 Å². The molecule has 0 spiro atoms. The van der Waals surface area contributed by atoms with Crippen LogP contribution in [0.1, 0.15) is 24.7 Å². The first-order chi connectivity index (χ1) is 14.2. The van der Waals surface area contributed by atoms with Gasteiger partial charge in [-0.15, -0.1) is 0 Å². The second-order valence-corrected chi connectivity index (χ2v) is 7.62. The van der Waals surface area contributed by atoms with E-state index in [1.54, 1.807) is 4.90 Å². The van der Waals surface area contributed by atoms with Gasteiger partial charge in [0.2, 0.25) is 11.8 Å². The van der Waals surface area contributed by atoms with E-state index in [4.69, 9.17) is 4.42 Å². The minimum Gasteiger partial charge on any atom is -0.440 e. The van der Waals surface area contributed by atoms with Gasteiger partial charge in [0.1, 0.15) is 12.1 Å². The van der Waals surface area contributed by atoms with Crippen LogP contribution >= 0.6 is 0 Å². The highest BCUT2D eigenvalue weighted by atomic mass is 16.3. The molecular formula is C22H22N4O3. The Balaban J connectivity index is 1.23. The first-order valence-electron chi connectivity index (χ1n) is 9.94. The van der Waals surface area contributed by atoms with Gasteiger partial charge in [0, 0.05) is 5.92 Å². The number of anilines is 2. The predicted molar refractivity (Wildman–Crippen MR) is 110 cm³/mol. The van der Waals surface area contributed by atoms with Crippen molar-refractivity contribution in [3.63, 3.8) is 0 Å². The molecule has 0 saturated carbocycles. The highest BCUT2D eigenvalue weighted by Crippen LogP contribution is 2.31. The molecule has 148 valence electrons. The first-order valence-corrected chi connectivity index (χ1v) is 9.94. The summed E-state index contributed by atoms with van der Waals surface area (Å²) in [4.78, 5) is 33.2. The summed E-state index contributed by atoms with van der Waals surface area (Å²) >= 11 is 0. The fourth-order valence-corrected chi connectivity index (χ4v) is 4.14. The van der Waals surface area contributed by atoms with Crippen molar-refractivity contribution < 1.29 is 14.0 Å². The number of carbonyl (C=O) groups excluding carboxylic acids is 2. The average molecular weight is 390 g/mol. The molecule has 0 radical (unpaired) electrons. The predicted octanol–water partition coefficient (Wildman–Crippen LogP) is 2.99. The van der Waals surface area contributed by atoms with Crippen LogP contribution in [0.3, 0.4) is 0 Å². The molecule has 2 aliphatic heterocycles. The van der Waals surface area contributed by atoms with Gasteiger partial charge in [0.25, 0.3) is 0 Å². The lowest BCUT2D eigenvalue weighted by atomic mass is 9.97. The van der Waals surface area contributed by atoms with Crippen molar-refractivity contribution in [1.82, 2.24) is 9.88 Å². The van der Waals surface area contributed by atoms with Gasteiger partial charge in [0.05, 0.1) is 17.9 Å². The standard InChI is InChI=1S/C22H22N4O3/c27-20-13-26(18-7-3-1-5-16(18)23-20)21(28)14-25-11-9-15(10-12-25)22-24-17-6-2-4-8-19(17)29-22/h1-8,15H,9-14H2,(H,23,27). The Morgan fingerprint density at radius 1 is 1.10 bits per heavy atom. The molecule has 0 unspecified atom stereocenters. The summed E-state index contributed by atoms with van der Waals surface area (Å²) < 4.78 is 5.92. The van der Waals surface area contributed by atoms with E-state index in [1.165, 1.54) is 0 Å². The molecular weight excluding hydrogens is 368 g/mol. The zero-order chi connectivity index (χ0) is 19.8. The molecule has 1 aromatic heterocycles. The van der Waals surface area contributed by atoms with Crippen LogP contribution in [0, 0.1) is 0 Å². The summed E-state index contributed by atoms with van der Waals surface area (Å²) in [6.07, 6.45) is 1.80. The molecule has 7 nitrogen and oxygen atoms in total. The molecule has 2 aliphatic rings. The summed E-state index contributed by atoms with van der Waals surface area (Å²) in [5.41, 5.74) is 3.16. The third-order valence-corrected chi connectivity index (χ3v) is 5.68. The maximum absolute atomic E-state index is 12.9. The van der Waals surface area contributed by atoms with Crippen LogP contribution < -0.4 is 10.2 Å². The highest BCUT2D eigenvalue weighted by molar-refractivity contribution is 6.10. The Kier molecular flexibility index (Phi) is 4.52. The van der Waals surface area contributed by atoms with Crippen LogP contribution in [0.15, 0.2) is 52.9 Å². The largest absolute Gasteiger partial charge is 0.440 e. The van der Waals surface area contributed by atoms with E-state index in [0.29, 0.717) is 12.2 Å². The SMILES string of the molecule is O=C1CN(C(=O)CN2CCC(c3nc4ccccc4o3)CC2)c2ccccc2N1. The van der Waals surface area contributed by atoms with Crippen molar-refractivity contribution in [2.75, 3.05) is 36.4 Å². The molecule has 0 aliphatic carbocycles. The van der Waals surface area contributed by atoms with E-state index >= 15 is 0 Å². The van der Waals surface area contributed by atoms with Crippen LogP contribution in [-0.4, -0.2) is 47.9 Å². The second kappa shape index (κ2) is 7.33. The molecule has 29 heavy (non-hydrogen) atoms. The number of rotatable bonds is 3. The Bertz CT molecular complexity index is 1040. The van der Waals surface area contributed by atoms with E-state index in [1.807, 2.05) is 48.5 Å². The number of nitrogens with one attached hydrogen (secondary N) is 1. The maximum Gasteiger partial charge on any atom is 0.244 e. The van der Waals surface area contributed by atoms with E-state index in [-0.39, 0.29) is 24.3 Å². The fraction of sp³-hybridized carbons (Fsp3) is 0.318. The molecule has 2 amide bonds. The number of nitrogens with zero attached hydrogens (tertiary/aromatic N) is 3. The number of hydrogen-bond donors (Lipinski definition) is 1. The molecule has 3 aromatic rings. The Hall–Kier alpha value is -3.19. The minimum absolute atomic E-state index is 0.0485. The number of hydrogen-bond acceptors (Lipinski definition) is 5. The van der Waals surface area contributed by atoms with Gasteiger partial charge in [-0.1, -0.05) is 24.3 Å². The molecule has 2 aromatic carbocycles. The van der Waals surface area contributed by atoms with Crippen molar-refractivity contribution in [2.24, 2.45) is 0 Å². The lowest BCUT2D eigenvalue weighted by molar-refractivity contribution is -0.122. The van der Waals surface area contributed by atoms with Crippen molar-refractivity contribution in [3.05, 3.63) is 54.4 Å². The van der Waals surface area contributed by atoms with Crippen LogP contribution in [0.4, 0.5) is 11.4 Å². The fourth-order valence-electron chi connectivity index (χ4n) is 4.14. The lowest BCUT2D eigenvalue weighted by Gasteiger charge is -2.34. The number of para-hydroxylation sites is 4. The topological polar surface area (TPSA) is 78.7 Å². The van der Waals surface area contributed by atoms with Gasteiger partial charge in [-0.05, 0) is 50.2 Å². The first kappa shape index (κ1) is 17.9. The Morgan fingerprint density at radius 3 is 2.69 bits per heavy atom. The van der Waals surface area contributed by atoms with Crippen LogP contribution in [0.25, 0.3) is 11.1 Å². The third-order valence-electron chi connectivity index (χ3n) is 5.68. The van der Waals surface area contributed by atoms with E-state index in [9.17, 15) is 9.59 Å². The molecule has 7 heteroatoms. The van der Waals surface area contributed by atoms with Crippen LogP contribution in [0.5, 0.6) is 0 Å².